The van der Waals surface area contributed by atoms with E-state index in [0.29, 0.717) is 12.5 Å². The molecule has 3 rings (SSSR count). The molecular weight excluding hydrogens is 333 g/mol. The van der Waals surface area contributed by atoms with Crippen LogP contribution in [0.15, 0.2) is 64.0 Å². The first-order chi connectivity index (χ1) is 12.1. The summed E-state index contributed by atoms with van der Waals surface area (Å²) in [6.45, 7) is 6.44. The molecule has 1 unspecified atom stereocenters. The summed E-state index contributed by atoms with van der Waals surface area (Å²) in [6, 6.07) is 6.49. The molecule has 0 saturated heterocycles. The van der Waals surface area contributed by atoms with Gasteiger partial charge in [0, 0.05) is 17.2 Å². The molecule has 0 aliphatic heterocycles. The van der Waals surface area contributed by atoms with Crippen LogP contribution in [0.3, 0.4) is 0 Å². The molecule has 0 fully saturated rings. The third-order valence-electron chi connectivity index (χ3n) is 4.01. The Bertz CT molecular complexity index is 856. The maximum Gasteiger partial charge on any atom is 0.206 e. The molecule has 0 spiro atoms. The molecule has 1 aromatic heterocycles. The highest BCUT2D eigenvalue weighted by Crippen LogP contribution is 2.21. The lowest BCUT2D eigenvalue weighted by Crippen LogP contribution is -2.14. The van der Waals surface area contributed by atoms with Crippen LogP contribution in [0.2, 0.25) is 0 Å². The second kappa shape index (κ2) is 8.21. The SMILES string of the molecule is C=C(C)CN=c1scc(-c2ccc(F)cc2)n1N=CC1CC=CCC1. The van der Waals surface area contributed by atoms with Crippen molar-refractivity contribution >= 4 is 17.6 Å². The monoisotopic (exact) mass is 355 g/mol. The molecule has 130 valence electrons. The van der Waals surface area contributed by atoms with E-state index in [9.17, 15) is 4.39 Å². The van der Waals surface area contributed by atoms with Gasteiger partial charge in [0.05, 0.1) is 12.2 Å². The number of allylic oxidation sites excluding steroid dienone is 2. The Labute approximate surface area is 151 Å². The molecule has 1 aliphatic rings. The van der Waals surface area contributed by atoms with Gasteiger partial charge in [0.2, 0.25) is 4.80 Å². The molecule has 0 amide bonds. The van der Waals surface area contributed by atoms with Crippen molar-refractivity contribution in [3.63, 3.8) is 0 Å². The fraction of sp³-hybridized carbons (Fsp3) is 0.300. The molecule has 2 aromatic rings. The Hall–Kier alpha value is -2.27. The number of halogens is 1. The minimum Gasteiger partial charge on any atom is -0.253 e. The minimum absolute atomic E-state index is 0.241. The van der Waals surface area contributed by atoms with Crippen LogP contribution in [0.25, 0.3) is 11.3 Å². The fourth-order valence-corrected chi connectivity index (χ4v) is 3.49. The summed E-state index contributed by atoms with van der Waals surface area (Å²) in [5.41, 5.74) is 2.85. The highest BCUT2D eigenvalue weighted by atomic mass is 32.1. The summed E-state index contributed by atoms with van der Waals surface area (Å²) in [6.07, 6.45) is 9.70. The second-order valence-corrected chi connectivity index (χ2v) is 7.14. The van der Waals surface area contributed by atoms with Crippen LogP contribution in [-0.4, -0.2) is 17.4 Å². The topological polar surface area (TPSA) is 29.6 Å². The third-order valence-corrected chi connectivity index (χ3v) is 4.87. The van der Waals surface area contributed by atoms with E-state index in [-0.39, 0.29) is 5.82 Å². The van der Waals surface area contributed by atoms with Crippen LogP contribution < -0.4 is 4.80 Å². The predicted molar refractivity (Wildman–Crippen MR) is 103 cm³/mol. The first kappa shape index (κ1) is 17.5. The number of aromatic nitrogens is 1. The summed E-state index contributed by atoms with van der Waals surface area (Å²) in [5, 5.41) is 6.73. The lowest BCUT2D eigenvalue weighted by molar-refractivity contribution is 0.621. The van der Waals surface area contributed by atoms with Crippen molar-refractivity contribution in [1.82, 2.24) is 4.68 Å². The van der Waals surface area contributed by atoms with Gasteiger partial charge < -0.3 is 0 Å². The Balaban J connectivity index is 1.98. The number of benzene rings is 1. The van der Waals surface area contributed by atoms with E-state index in [2.05, 4.69) is 23.7 Å². The van der Waals surface area contributed by atoms with Gasteiger partial charge in [0.15, 0.2) is 0 Å². The Morgan fingerprint density at radius 2 is 2.16 bits per heavy atom. The highest BCUT2D eigenvalue weighted by molar-refractivity contribution is 7.07. The van der Waals surface area contributed by atoms with E-state index in [1.54, 1.807) is 12.1 Å². The molecule has 0 saturated carbocycles. The molecular formula is C20H22FN3S. The van der Waals surface area contributed by atoms with E-state index in [1.807, 2.05) is 23.2 Å². The van der Waals surface area contributed by atoms with Crippen molar-refractivity contribution in [1.29, 1.82) is 0 Å². The predicted octanol–water partition coefficient (Wildman–Crippen LogP) is 5.02. The molecule has 25 heavy (non-hydrogen) atoms. The Morgan fingerprint density at radius 3 is 2.84 bits per heavy atom. The first-order valence-corrected chi connectivity index (χ1v) is 9.32. The number of thiazole rings is 1. The Morgan fingerprint density at radius 1 is 1.36 bits per heavy atom. The zero-order chi connectivity index (χ0) is 17.6. The summed E-state index contributed by atoms with van der Waals surface area (Å²) in [7, 11) is 0. The van der Waals surface area contributed by atoms with Crippen molar-refractivity contribution in [3.8, 4) is 11.3 Å². The second-order valence-electron chi connectivity index (χ2n) is 6.30. The van der Waals surface area contributed by atoms with Crippen LogP contribution >= 0.6 is 11.3 Å². The minimum atomic E-state index is -0.241. The van der Waals surface area contributed by atoms with E-state index in [1.165, 1.54) is 23.5 Å². The van der Waals surface area contributed by atoms with Crippen LogP contribution in [0, 0.1) is 11.7 Å². The molecule has 0 radical (unpaired) electrons. The van der Waals surface area contributed by atoms with Crippen LogP contribution in [-0.2, 0) is 0 Å². The molecule has 0 N–H and O–H groups in total. The normalized spacial score (nSPS) is 18.2. The van der Waals surface area contributed by atoms with E-state index in [4.69, 9.17) is 5.10 Å². The number of hydrogen-bond donors (Lipinski definition) is 0. The van der Waals surface area contributed by atoms with Gasteiger partial charge in [-0.3, -0.25) is 4.99 Å². The molecule has 1 atom stereocenters. The fourth-order valence-electron chi connectivity index (χ4n) is 2.65. The van der Waals surface area contributed by atoms with E-state index >= 15 is 0 Å². The number of hydrogen-bond acceptors (Lipinski definition) is 3. The molecule has 5 heteroatoms. The van der Waals surface area contributed by atoms with Crippen LogP contribution in [0.1, 0.15) is 26.2 Å². The zero-order valence-corrected chi connectivity index (χ0v) is 15.2. The van der Waals surface area contributed by atoms with E-state index in [0.717, 1.165) is 40.9 Å². The van der Waals surface area contributed by atoms with Crippen molar-refractivity contribution in [2.45, 2.75) is 26.2 Å². The van der Waals surface area contributed by atoms with Gasteiger partial charge >= 0.3 is 0 Å². The lowest BCUT2D eigenvalue weighted by atomic mass is 9.96. The molecule has 1 heterocycles. The lowest BCUT2D eigenvalue weighted by Gasteiger charge is -2.12. The largest absolute Gasteiger partial charge is 0.253 e. The summed E-state index contributed by atoms with van der Waals surface area (Å²) in [4.78, 5) is 5.44. The van der Waals surface area contributed by atoms with Crippen molar-refractivity contribution in [2.75, 3.05) is 6.54 Å². The Kier molecular flexibility index (Phi) is 5.76. The van der Waals surface area contributed by atoms with Gasteiger partial charge in [0.1, 0.15) is 5.82 Å². The van der Waals surface area contributed by atoms with Gasteiger partial charge in [-0.1, -0.05) is 24.3 Å². The van der Waals surface area contributed by atoms with Gasteiger partial charge in [-0.25, -0.2) is 9.07 Å². The average molecular weight is 355 g/mol. The third kappa shape index (κ3) is 4.63. The molecule has 1 aliphatic carbocycles. The van der Waals surface area contributed by atoms with Gasteiger partial charge in [-0.2, -0.15) is 5.10 Å². The van der Waals surface area contributed by atoms with Crippen molar-refractivity contribution in [2.24, 2.45) is 16.0 Å². The quantitative estimate of drug-likeness (QED) is 0.532. The van der Waals surface area contributed by atoms with Crippen LogP contribution in [0.5, 0.6) is 0 Å². The molecule has 1 aromatic carbocycles. The number of nitrogens with zero attached hydrogens (tertiary/aromatic N) is 3. The summed E-state index contributed by atoms with van der Waals surface area (Å²) >= 11 is 1.54. The maximum absolute atomic E-state index is 13.2. The van der Waals surface area contributed by atoms with Gasteiger partial charge in [-0.05, 0) is 56.4 Å². The standard InChI is InChI=1S/C20H22FN3S/c1-15(2)12-22-20-24(23-13-16-6-4-3-5-7-16)19(14-25-20)17-8-10-18(21)11-9-17/h3-4,8-11,13-14,16H,1,5-7,12H2,2H3. The highest BCUT2D eigenvalue weighted by Gasteiger charge is 2.10. The zero-order valence-electron chi connectivity index (χ0n) is 14.4. The van der Waals surface area contributed by atoms with Crippen molar-refractivity contribution < 1.29 is 4.39 Å². The average Bonchev–Trinajstić information content (AvgIpc) is 3.02. The summed E-state index contributed by atoms with van der Waals surface area (Å²) in [5.74, 6) is 0.211. The number of rotatable bonds is 5. The van der Waals surface area contributed by atoms with Crippen LogP contribution in [0.4, 0.5) is 4.39 Å². The molecule has 3 nitrogen and oxygen atoms in total. The summed E-state index contributed by atoms with van der Waals surface area (Å²) < 4.78 is 15.1. The van der Waals surface area contributed by atoms with E-state index < -0.39 is 0 Å². The van der Waals surface area contributed by atoms with Gasteiger partial charge in [0.25, 0.3) is 0 Å². The van der Waals surface area contributed by atoms with Gasteiger partial charge in [-0.15, -0.1) is 11.3 Å². The first-order valence-electron chi connectivity index (χ1n) is 8.44. The molecule has 0 bridgehead atoms. The van der Waals surface area contributed by atoms with Crippen molar-refractivity contribution in [3.05, 3.63) is 64.6 Å². The smallest absolute Gasteiger partial charge is 0.206 e. The maximum atomic E-state index is 13.2.